The molecule has 0 spiro atoms. The summed E-state index contributed by atoms with van der Waals surface area (Å²) >= 11 is 0. The summed E-state index contributed by atoms with van der Waals surface area (Å²) in [7, 11) is 0. The molecule has 7 atom stereocenters. The monoisotopic (exact) mass is 567 g/mol. The quantitative estimate of drug-likeness (QED) is 0.285. The lowest BCUT2D eigenvalue weighted by Crippen LogP contribution is -2.61. The van der Waals surface area contributed by atoms with Crippen molar-refractivity contribution < 1.29 is 34.1 Å². The second-order valence-corrected chi connectivity index (χ2v) is 13.4. The maximum atomic E-state index is 13.4. The zero-order valence-electron chi connectivity index (χ0n) is 24.5. The first-order valence-corrected chi connectivity index (χ1v) is 15.5. The summed E-state index contributed by atoms with van der Waals surface area (Å²) in [5.41, 5.74) is -0.545. The van der Waals surface area contributed by atoms with E-state index in [1.54, 1.807) is 12.2 Å². The minimum absolute atomic E-state index is 0.0133. The number of fused-ring (bicyclic) bond motifs is 5. The van der Waals surface area contributed by atoms with Crippen molar-refractivity contribution in [3.8, 4) is 0 Å². The van der Waals surface area contributed by atoms with E-state index in [1.807, 2.05) is 13.0 Å². The molecule has 1 amide bonds. The highest BCUT2D eigenvalue weighted by Crippen LogP contribution is 2.67. The van der Waals surface area contributed by atoms with E-state index in [2.05, 4.69) is 18.3 Å². The number of aliphatic hydroxyl groups is 2. The van der Waals surface area contributed by atoms with E-state index >= 15 is 0 Å². The minimum atomic E-state index is -1.70. The summed E-state index contributed by atoms with van der Waals surface area (Å²) in [6.07, 6.45) is 14.7. The van der Waals surface area contributed by atoms with Crippen molar-refractivity contribution in [2.45, 2.75) is 103 Å². The van der Waals surface area contributed by atoms with Gasteiger partial charge in [0.1, 0.15) is 5.60 Å². The molecule has 0 aromatic rings. The molecule has 224 valence electrons. The van der Waals surface area contributed by atoms with Gasteiger partial charge >= 0.3 is 5.97 Å². The van der Waals surface area contributed by atoms with Gasteiger partial charge in [-0.25, -0.2) is 0 Å². The Balaban J connectivity index is 1.14. The molecule has 3 N–H and O–H groups in total. The molecule has 0 aromatic heterocycles. The number of carbonyl (C=O) groups is 4. The average molecular weight is 568 g/mol. The molecule has 8 heteroatoms. The summed E-state index contributed by atoms with van der Waals surface area (Å²) in [6.45, 7) is 3.98. The predicted molar refractivity (Wildman–Crippen MR) is 152 cm³/mol. The van der Waals surface area contributed by atoms with Gasteiger partial charge in [-0.3, -0.25) is 19.2 Å². The Bertz CT molecular complexity index is 1190. The van der Waals surface area contributed by atoms with Gasteiger partial charge in [0.25, 0.3) is 0 Å². The predicted octanol–water partition coefficient (Wildman–Crippen LogP) is 3.90. The summed E-state index contributed by atoms with van der Waals surface area (Å²) in [5, 5.41) is 26.1. The van der Waals surface area contributed by atoms with Crippen LogP contribution in [0.2, 0.25) is 0 Å². The average Bonchev–Trinajstić information content (AvgIpc) is 3.22. The Labute approximate surface area is 242 Å². The van der Waals surface area contributed by atoms with Crippen molar-refractivity contribution in [2.75, 3.05) is 13.2 Å². The first kappa shape index (κ1) is 29.9. The van der Waals surface area contributed by atoms with Crippen LogP contribution in [0, 0.1) is 28.6 Å². The van der Waals surface area contributed by atoms with Crippen LogP contribution in [0.25, 0.3) is 0 Å². The molecule has 5 aliphatic rings. The number of amides is 1. The van der Waals surface area contributed by atoms with Crippen LogP contribution in [0.5, 0.6) is 0 Å². The third-order valence-electron chi connectivity index (χ3n) is 11.2. The van der Waals surface area contributed by atoms with Gasteiger partial charge in [-0.1, -0.05) is 37.1 Å². The number of rotatable bonds is 9. The summed E-state index contributed by atoms with van der Waals surface area (Å²) in [6, 6.07) is 0. The van der Waals surface area contributed by atoms with Crippen LogP contribution in [0.3, 0.4) is 0 Å². The van der Waals surface area contributed by atoms with Crippen molar-refractivity contribution in [3.05, 3.63) is 35.5 Å². The number of esters is 1. The normalized spacial score (nSPS) is 37.7. The van der Waals surface area contributed by atoms with Crippen molar-refractivity contribution in [3.63, 3.8) is 0 Å². The van der Waals surface area contributed by atoms with Gasteiger partial charge in [0.2, 0.25) is 11.7 Å². The van der Waals surface area contributed by atoms with Crippen molar-refractivity contribution in [1.82, 2.24) is 5.32 Å². The molecule has 0 radical (unpaired) electrons. The minimum Gasteiger partial charge on any atom is -0.458 e. The maximum Gasteiger partial charge on any atom is 0.306 e. The fourth-order valence-corrected chi connectivity index (χ4v) is 8.92. The van der Waals surface area contributed by atoms with Gasteiger partial charge in [0, 0.05) is 29.7 Å². The molecule has 5 aliphatic carbocycles. The standard InChI is InChI=1S/C33H45NO7/c1-31-15-12-23(35)18-22(31)8-9-24-25-13-16-33(40,32(25,2)19-26(36)30(24)31)27(37)20-41-29(39)11-10-28(38)34-17-14-21-6-4-3-5-7-21/h6,12,15,18,24-26,30,36,40H,3-5,7-11,13-14,16-17,19-20H2,1-2H3,(H,34,38)/t24-,25+,26+,30+,31+,32+,33+/m1/s1. The lowest BCUT2D eigenvalue weighted by Gasteiger charge is -2.59. The van der Waals surface area contributed by atoms with Crippen LogP contribution in [0.4, 0.5) is 0 Å². The highest BCUT2D eigenvalue weighted by atomic mass is 16.5. The van der Waals surface area contributed by atoms with E-state index in [4.69, 9.17) is 4.74 Å². The van der Waals surface area contributed by atoms with Gasteiger partial charge in [0.15, 0.2) is 12.4 Å². The van der Waals surface area contributed by atoms with Gasteiger partial charge in [-0.2, -0.15) is 0 Å². The van der Waals surface area contributed by atoms with Crippen LogP contribution in [0.15, 0.2) is 35.5 Å². The topological polar surface area (TPSA) is 130 Å². The zero-order valence-corrected chi connectivity index (χ0v) is 24.5. The van der Waals surface area contributed by atoms with Crippen molar-refractivity contribution in [2.24, 2.45) is 28.6 Å². The Morgan fingerprint density at radius 3 is 2.68 bits per heavy atom. The van der Waals surface area contributed by atoms with E-state index in [0.717, 1.165) is 37.7 Å². The Morgan fingerprint density at radius 1 is 1.12 bits per heavy atom. The Hall–Kier alpha value is -2.58. The van der Waals surface area contributed by atoms with E-state index in [-0.39, 0.29) is 55.1 Å². The molecular formula is C33H45NO7. The van der Waals surface area contributed by atoms with Crippen LogP contribution in [0.1, 0.15) is 90.9 Å². The third kappa shape index (κ3) is 5.50. The number of carbonyl (C=O) groups excluding carboxylic acids is 4. The molecule has 0 bridgehead atoms. The van der Waals surface area contributed by atoms with Crippen molar-refractivity contribution in [1.29, 1.82) is 0 Å². The van der Waals surface area contributed by atoms with Gasteiger partial charge in [-0.05, 0) is 88.2 Å². The summed E-state index contributed by atoms with van der Waals surface area (Å²) in [5.74, 6) is -1.40. The number of hydrogen-bond acceptors (Lipinski definition) is 7. The molecule has 8 nitrogen and oxygen atoms in total. The van der Waals surface area contributed by atoms with Crippen LogP contribution < -0.4 is 5.32 Å². The van der Waals surface area contributed by atoms with Crippen LogP contribution >= 0.6 is 0 Å². The molecule has 5 rings (SSSR count). The molecule has 0 heterocycles. The molecule has 41 heavy (non-hydrogen) atoms. The van der Waals surface area contributed by atoms with E-state index in [9.17, 15) is 29.4 Å². The highest BCUT2D eigenvalue weighted by molar-refractivity contribution is 6.01. The Kier molecular flexibility index (Phi) is 8.46. The lowest BCUT2D eigenvalue weighted by molar-refractivity contribution is -0.181. The number of ether oxygens (including phenoxy) is 1. The molecule has 3 saturated carbocycles. The number of ketones is 2. The lowest BCUT2D eigenvalue weighted by atomic mass is 9.46. The molecule has 0 unspecified atom stereocenters. The summed E-state index contributed by atoms with van der Waals surface area (Å²) < 4.78 is 5.24. The molecule has 0 aromatic carbocycles. The van der Waals surface area contributed by atoms with E-state index in [1.165, 1.54) is 18.4 Å². The van der Waals surface area contributed by atoms with E-state index < -0.39 is 40.9 Å². The fraction of sp³-hybridized carbons (Fsp3) is 0.697. The first-order valence-electron chi connectivity index (χ1n) is 15.5. The molecular weight excluding hydrogens is 522 g/mol. The SMILES string of the molecule is C[C@]12C=CC(=O)C=C1CC[C@H]1[C@H]2[C@@H](O)C[C@@]2(C)[C@H]1CC[C@]2(O)C(=O)COC(=O)CCC(=O)NCCC1=CCCCC1. The number of aliphatic hydroxyl groups excluding tert-OH is 1. The second kappa shape index (κ2) is 11.6. The summed E-state index contributed by atoms with van der Waals surface area (Å²) in [4.78, 5) is 50.0. The highest BCUT2D eigenvalue weighted by Gasteiger charge is 2.68. The Morgan fingerprint density at radius 2 is 1.93 bits per heavy atom. The fourth-order valence-electron chi connectivity index (χ4n) is 8.92. The van der Waals surface area contributed by atoms with Crippen LogP contribution in [-0.4, -0.2) is 58.5 Å². The van der Waals surface area contributed by atoms with Crippen LogP contribution in [-0.2, 0) is 23.9 Å². The van der Waals surface area contributed by atoms with Crippen molar-refractivity contribution >= 4 is 23.4 Å². The molecule has 0 saturated heterocycles. The zero-order chi connectivity index (χ0) is 29.4. The van der Waals surface area contributed by atoms with Gasteiger partial charge in [0.05, 0.1) is 12.5 Å². The number of allylic oxidation sites excluding steroid dienone is 5. The smallest absolute Gasteiger partial charge is 0.306 e. The number of nitrogens with one attached hydrogen (secondary N) is 1. The maximum absolute atomic E-state index is 13.4. The molecule has 0 aliphatic heterocycles. The largest absolute Gasteiger partial charge is 0.458 e. The number of hydrogen-bond donors (Lipinski definition) is 3. The first-order chi connectivity index (χ1) is 19.5. The van der Waals surface area contributed by atoms with Gasteiger partial charge < -0.3 is 20.3 Å². The molecule has 3 fully saturated rings. The second-order valence-electron chi connectivity index (χ2n) is 13.4. The third-order valence-corrected chi connectivity index (χ3v) is 11.2. The van der Waals surface area contributed by atoms with Gasteiger partial charge in [-0.15, -0.1) is 0 Å². The number of Topliss-reactive ketones (excluding diaryl/α,β-unsaturated/α-hetero) is 1. The van der Waals surface area contributed by atoms with E-state index in [0.29, 0.717) is 13.0 Å².